The van der Waals surface area contributed by atoms with Crippen LogP contribution in [-0.2, 0) is 10.2 Å². The number of rotatable bonds is 1. The van der Waals surface area contributed by atoms with Gasteiger partial charge in [0.05, 0.1) is 18.8 Å². The minimum Gasteiger partial charge on any atom is -0.288 e. The van der Waals surface area contributed by atoms with Crippen LogP contribution < -0.4 is 5.14 Å². The predicted molar refractivity (Wildman–Crippen MR) is 49.3 cm³/mol. The monoisotopic (exact) mass is 199 g/mol. The Morgan fingerprint density at radius 1 is 1.46 bits per heavy atom. The van der Waals surface area contributed by atoms with E-state index in [4.69, 9.17) is 5.14 Å². The highest BCUT2D eigenvalue weighted by Crippen LogP contribution is 2.24. The van der Waals surface area contributed by atoms with Gasteiger partial charge in [0, 0.05) is 11.8 Å². The first-order valence-electron chi connectivity index (χ1n) is 3.80. The van der Waals surface area contributed by atoms with Crippen LogP contribution in [0.2, 0.25) is 0 Å². The topological polar surface area (TPSA) is 75.8 Å². The maximum atomic E-state index is 11.1. The van der Waals surface area contributed by atoms with Gasteiger partial charge in [-0.25, -0.2) is 5.14 Å². The van der Waals surface area contributed by atoms with Crippen molar-refractivity contribution in [3.8, 4) is 0 Å². The van der Waals surface area contributed by atoms with Crippen LogP contribution >= 0.6 is 0 Å². The van der Waals surface area contributed by atoms with Crippen LogP contribution in [0.1, 0.15) is 0 Å². The van der Waals surface area contributed by atoms with Crippen LogP contribution in [0.4, 0.5) is 0 Å². The molecular weight excluding hydrogens is 190 g/mol. The van der Waals surface area contributed by atoms with E-state index < -0.39 is 10.2 Å². The van der Waals surface area contributed by atoms with Crippen molar-refractivity contribution in [3.63, 3.8) is 0 Å². The third-order valence-electron chi connectivity index (χ3n) is 1.97. The molecule has 2 rings (SSSR count). The van der Waals surface area contributed by atoms with Crippen molar-refractivity contribution in [2.75, 3.05) is 13.1 Å². The summed E-state index contributed by atoms with van der Waals surface area (Å²) in [7, 11) is -3.62. The number of fused-ring (bicyclic) bond motifs is 1. The molecule has 2 aliphatic heterocycles. The number of aliphatic imine (C=N–C) groups is 1. The van der Waals surface area contributed by atoms with Gasteiger partial charge in [-0.1, -0.05) is 6.08 Å². The second-order valence-electron chi connectivity index (χ2n) is 2.82. The van der Waals surface area contributed by atoms with Crippen LogP contribution in [0.15, 0.2) is 28.4 Å². The molecule has 0 bridgehead atoms. The zero-order valence-corrected chi connectivity index (χ0v) is 7.66. The molecule has 0 fully saturated rings. The standard InChI is InChI=1S/C7H9N3O2S/c8-13(11,12)10-4-2-6-5-9-3-1-7(6)10/h1-2,5H,3-4H2,(H2,8,11,12). The van der Waals surface area contributed by atoms with Crippen molar-refractivity contribution in [1.82, 2.24) is 4.31 Å². The highest BCUT2D eigenvalue weighted by molar-refractivity contribution is 7.86. The van der Waals surface area contributed by atoms with Crippen LogP contribution in [-0.4, -0.2) is 32.0 Å². The van der Waals surface area contributed by atoms with E-state index in [0.717, 1.165) is 5.57 Å². The molecule has 0 aliphatic carbocycles. The zero-order valence-electron chi connectivity index (χ0n) is 6.84. The van der Waals surface area contributed by atoms with Crippen molar-refractivity contribution in [1.29, 1.82) is 0 Å². The number of nitrogens with two attached hydrogens (primary N) is 1. The maximum absolute atomic E-state index is 11.1. The fraction of sp³-hybridized carbons (Fsp3) is 0.286. The normalized spacial score (nSPS) is 21.2. The summed E-state index contributed by atoms with van der Waals surface area (Å²) in [6.07, 6.45) is 5.21. The summed E-state index contributed by atoms with van der Waals surface area (Å²) in [4.78, 5) is 4.00. The Kier molecular flexibility index (Phi) is 1.74. The Morgan fingerprint density at radius 2 is 2.23 bits per heavy atom. The summed E-state index contributed by atoms with van der Waals surface area (Å²) in [5.41, 5.74) is 1.48. The third kappa shape index (κ3) is 1.38. The van der Waals surface area contributed by atoms with Crippen molar-refractivity contribution in [2.45, 2.75) is 0 Å². The van der Waals surface area contributed by atoms with E-state index in [9.17, 15) is 8.42 Å². The summed E-state index contributed by atoms with van der Waals surface area (Å²) in [5, 5.41) is 5.03. The molecule has 0 radical (unpaired) electrons. The van der Waals surface area contributed by atoms with Crippen molar-refractivity contribution < 1.29 is 8.42 Å². The molecule has 2 aliphatic rings. The van der Waals surface area contributed by atoms with Crippen LogP contribution in [0.5, 0.6) is 0 Å². The van der Waals surface area contributed by atoms with Gasteiger partial charge in [0.25, 0.3) is 10.2 Å². The first kappa shape index (κ1) is 8.46. The number of allylic oxidation sites excluding steroid dienone is 1. The van der Waals surface area contributed by atoms with Gasteiger partial charge in [0.2, 0.25) is 0 Å². The summed E-state index contributed by atoms with van der Waals surface area (Å²) in [6.45, 7) is 0.824. The van der Waals surface area contributed by atoms with Gasteiger partial charge < -0.3 is 0 Å². The molecule has 5 nitrogen and oxygen atoms in total. The van der Waals surface area contributed by atoms with E-state index in [2.05, 4.69) is 4.99 Å². The van der Waals surface area contributed by atoms with Gasteiger partial charge >= 0.3 is 0 Å². The van der Waals surface area contributed by atoms with E-state index in [1.807, 2.05) is 0 Å². The SMILES string of the molecule is NS(=O)(=O)N1CC=C2C=NCC=C21. The molecule has 0 atom stereocenters. The molecule has 0 aromatic rings. The van der Waals surface area contributed by atoms with E-state index in [0.29, 0.717) is 18.8 Å². The van der Waals surface area contributed by atoms with E-state index >= 15 is 0 Å². The average molecular weight is 199 g/mol. The van der Waals surface area contributed by atoms with Crippen molar-refractivity contribution >= 4 is 16.4 Å². The average Bonchev–Trinajstić information content (AvgIpc) is 2.45. The molecule has 0 saturated carbocycles. The van der Waals surface area contributed by atoms with Crippen LogP contribution in [0.25, 0.3) is 0 Å². The molecule has 70 valence electrons. The Hall–Kier alpha value is -1.14. The third-order valence-corrected chi connectivity index (χ3v) is 2.93. The van der Waals surface area contributed by atoms with Gasteiger partial charge in [-0.05, 0) is 6.08 Å². The summed E-state index contributed by atoms with van der Waals surface area (Å²) < 4.78 is 23.3. The van der Waals surface area contributed by atoms with Gasteiger partial charge in [-0.2, -0.15) is 8.42 Å². The van der Waals surface area contributed by atoms with E-state index in [1.54, 1.807) is 18.4 Å². The number of dihydropyridines is 1. The largest absolute Gasteiger partial charge is 0.299 e. The van der Waals surface area contributed by atoms with Crippen molar-refractivity contribution in [2.24, 2.45) is 10.1 Å². The first-order valence-corrected chi connectivity index (χ1v) is 5.30. The zero-order chi connectivity index (χ0) is 9.47. The number of hydrogen-bond donors (Lipinski definition) is 1. The minimum absolute atomic E-state index is 0.312. The molecule has 0 amide bonds. The summed E-state index contributed by atoms with van der Waals surface area (Å²) >= 11 is 0. The Morgan fingerprint density at radius 3 is 2.92 bits per heavy atom. The molecule has 0 aromatic heterocycles. The fourth-order valence-electron chi connectivity index (χ4n) is 1.40. The lowest BCUT2D eigenvalue weighted by Gasteiger charge is -2.18. The molecule has 2 heterocycles. The van der Waals surface area contributed by atoms with Gasteiger partial charge in [-0.15, -0.1) is 0 Å². The van der Waals surface area contributed by atoms with Crippen LogP contribution in [0.3, 0.4) is 0 Å². The fourth-order valence-corrected chi connectivity index (χ4v) is 2.13. The predicted octanol–water partition coefficient (Wildman–Crippen LogP) is -0.600. The molecule has 6 heteroatoms. The van der Waals surface area contributed by atoms with Crippen LogP contribution in [0, 0.1) is 0 Å². The lowest BCUT2D eigenvalue weighted by Crippen LogP contribution is -2.34. The molecule has 0 aromatic carbocycles. The van der Waals surface area contributed by atoms with Gasteiger partial charge in [0.1, 0.15) is 0 Å². The summed E-state index contributed by atoms with van der Waals surface area (Å²) in [6, 6.07) is 0. The summed E-state index contributed by atoms with van der Waals surface area (Å²) in [5.74, 6) is 0. The smallest absolute Gasteiger partial charge is 0.288 e. The lowest BCUT2D eigenvalue weighted by molar-refractivity contribution is 0.519. The Labute approximate surface area is 76.4 Å². The Bertz CT molecular complexity index is 419. The maximum Gasteiger partial charge on any atom is 0.299 e. The minimum atomic E-state index is -3.62. The molecule has 0 spiro atoms. The molecule has 13 heavy (non-hydrogen) atoms. The second-order valence-corrected chi connectivity index (χ2v) is 4.29. The quantitative estimate of drug-likeness (QED) is 0.612. The number of hydrogen-bond acceptors (Lipinski definition) is 3. The molecule has 2 N–H and O–H groups in total. The highest BCUT2D eigenvalue weighted by atomic mass is 32.2. The highest BCUT2D eigenvalue weighted by Gasteiger charge is 2.27. The van der Waals surface area contributed by atoms with Gasteiger partial charge in [0.15, 0.2) is 0 Å². The van der Waals surface area contributed by atoms with Gasteiger partial charge in [-0.3, -0.25) is 9.30 Å². The number of nitrogens with zero attached hydrogens (tertiary/aromatic N) is 2. The Balaban J connectivity index is 2.38. The molecular formula is C7H9N3O2S. The molecule has 0 saturated heterocycles. The van der Waals surface area contributed by atoms with E-state index in [-0.39, 0.29) is 0 Å². The lowest BCUT2D eigenvalue weighted by atomic mass is 10.2. The van der Waals surface area contributed by atoms with E-state index in [1.165, 1.54) is 4.31 Å². The van der Waals surface area contributed by atoms with Crippen molar-refractivity contribution in [3.05, 3.63) is 23.4 Å². The molecule has 0 unspecified atom stereocenters. The second kappa shape index (κ2) is 2.68. The first-order chi connectivity index (χ1) is 6.09.